The molecule has 0 atom stereocenters. The van der Waals surface area contributed by atoms with Gasteiger partial charge >= 0.3 is 0 Å². The quantitative estimate of drug-likeness (QED) is 0.795. The molecule has 0 bridgehead atoms. The Labute approximate surface area is 129 Å². The number of rotatable bonds is 4. The smallest absolute Gasteiger partial charge is 0.251 e. The molecule has 0 aliphatic heterocycles. The van der Waals surface area contributed by atoms with E-state index in [0.29, 0.717) is 12.1 Å². The summed E-state index contributed by atoms with van der Waals surface area (Å²) in [6.07, 6.45) is 1.77. The number of hydrogen-bond donors (Lipinski definition) is 1. The third-order valence-electron chi connectivity index (χ3n) is 3.41. The van der Waals surface area contributed by atoms with Crippen LogP contribution < -0.4 is 5.32 Å². The first kappa shape index (κ1) is 14.0. The fraction of sp³-hybridized carbons (Fsp3) is 0.0526. The lowest BCUT2D eigenvalue weighted by Gasteiger charge is -2.10. The lowest BCUT2D eigenvalue weighted by atomic mass is 10.1. The minimum atomic E-state index is -0.0801. The lowest BCUT2D eigenvalue weighted by Crippen LogP contribution is -2.23. The van der Waals surface area contributed by atoms with Crippen LogP contribution in [0.4, 0.5) is 0 Å². The molecule has 108 valence electrons. The minimum Gasteiger partial charge on any atom is -0.348 e. The van der Waals surface area contributed by atoms with Gasteiger partial charge in [0.15, 0.2) is 0 Å². The molecule has 0 saturated heterocycles. The van der Waals surface area contributed by atoms with Crippen LogP contribution in [0.25, 0.3) is 11.3 Å². The van der Waals surface area contributed by atoms with Gasteiger partial charge in [0, 0.05) is 23.9 Å². The zero-order chi connectivity index (χ0) is 15.2. The van der Waals surface area contributed by atoms with Crippen molar-refractivity contribution in [1.82, 2.24) is 10.3 Å². The summed E-state index contributed by atoms with van der Waals surface area (Å²) in [7, 11) is 0. The number of pyridine rings is 1. The first-order valence-electron chi connectivity index (χ1n) is 7.17. The predicted molar refractivity (Wildman–Crippen MR) is 87.3 cm³/mol. The molecule has 1 aromatic heterocycles. The standard InChI is InChI=1S/C19H16N2O/c22-19(16-10-5-2-6-11-16)21-14-17-12-7-13-20-18(17)15-8-3-1-4-9-15/h1-13H,14H2,(H,21,22). The summed E-state index contributed by atoms with van der Waals surface area (Å²) >= 11 is 0. The number of carbonyl (C=O) groups excluding carboxylic acids is 1. The fourth-order valence-electron chi connectivity index (χ4n) is 2.30. The Balaban J connectivity index is 1.78. The van der Waals surface area contributed by atoms with Gasteiger partial charge in [-0.05, 0) is 23.8 Å². The van der Waals surface area contributed by atoms with Crippen LogP contribution in [-0.4, -0.2) is 10.9 Å². The van der Waals surface area contributed by atoms with E-state index in [1.54, 1.807) is 18.3 Å². The molecule has 3 rings (SSSR count). The highest BCUT2D eigenvalue weighted by atomic mass is 16.1. The van der Waals surface area contributed by atoms with Crippen LogP contribution >= 0.6 is 0 Å². The average molecular weight is 288 g/mol. The number of aromatic nitrogens is 1. The van der Waals surface area contributed by atoms with E-state index < -0.39 is 0 Å². The summed E-state index contributed by atoms with van der Waals surface area (Å²) < 4.78 is 0. The molecule has 3 nitrogen and oxygen atoms in total. The largest absolute Gasteiger partial charge is 0.348 e. The molecule has 2 aromatic carbocycles. The number of nitrogens with zero attached hydrogens (tertiary/aromatic N) is 1. The zero-order valence-corrected chi connectivity index (χ0v) is 12.1. The molecule has 3 aromatic rings. The molecule has 1 N–H and O–H groups in total. The van der Waals surface area contributed by atoms with Gasteiger partial charge < -0.3 is 5.32 Å². The van der Waals surface area contributed by atoms with Gasteiger partial charge in [0.1, 0.15) is 0 Å². The van der Waals surface area contributed by atoms with Crippen LogP contribution in [0.2, 0.25) is 0 Å². The van der Waals surface area contributed by atoms with Crippen LogP contribution in [0.3, 0.4) is 0 Å². The Morgan fingerprint density at radius 3 is 2.27 bits per heavy atom. The fourth-order valence-corrected chi connectivity index (χ4v) is 2.30. The Hall–Kier alpha value is -2.94. The Morgan fingerprint density at radius 2 is 1.55 bits per heavy atom. The minimum absolute atomic E-state index is 0.0801. The maximum atomic E-state index is 12.1. The molecule has 3 heteroatoms. The van der Waals surface area contributed by atoms with E-state index in [1.807, 2.05) is 60.7 Å². The van der Waals surface area contributed by atoms with Crippen LogP contribution in [0.15, 0.2) is 79.0 Å². The first-order chi connectivity index (χ1) is 10.8. The summed E-state index contributed by atoms with van der Waals surface area (Å²) in [4.78, 5) is 16.6. The molecule has 0 saturated carbocycles. The number of carbonyl (C=O) groups is 1. The molecule has 0 spiro atoms. The van der Waals surface area contributed by atoms with E-state index in [-0.39, 0.29) is 5.91 Å². The normalized spacial score (nSPS) is 10.2. The lowest BCUT2D eigenvalue weighted by molar-refractivity contribution is 0.0951. The highest BCUT2D eigenvalue weighted by Gasteiger charge is 2.08. The van der Waals surface area contributed by atoms with Gasteiger partial charge in [-0.1, -0.05) is 54.6 Å². The second-order valence-corrected chi connectivity index (χ2v) is 4.93. The molecule has 0 radical (unpaired) electrons. The Kier molecular flexibility index (Phi) is 4.25. The van der Waals surface area contributed by atoms with Gasteiger partial charge in [0.25, 0.3) is 5.91 Å². The molecule has 1 amide bonds. The van der Waals surface area contributed by atoms with Gasteiger partial charge in [-0.25, -0.2) is 0 Å². The summed E-state index contributed by atoms with van der Waals surface area (Å²) in [5.74, 6) is -0.0801. The van der Waals surface area contributed by atoms with E-state index in [9.17, 15) is 4.79 Å². The highest BCUT2D eigenvalue weighted by Crippen LogP contribution is 2.20. The average Bonchev–Trinajstić information content (AvgIpc) is 2.61. The van der Waals surface area contributed by atoms with Gasteiger partial charge in [-0.15, -0.1) is 0 Å². The van der Waals surface area contributed by atoms with Crippen molar-refractivity contribution in [2.24, 2.45) is 0 Å². The van der Waals surface area contributed by atoms with Gasteiger partial charge in [-0.2, -0.15) is 0 Å². The molecule has 0 aliphatic rings. The molecule has 1 heterocycles. The van der Waals surface area contributed by atoms with Gasteiger partial charge in [-0.3, -0.25) is 9.78 Å². The summed E-state index contributed by atoms with van der Waals surface area (Å²) in [6, 6.07) is 23.1. The molecular formula is C19H16N2O. The SMILES string of the molecule is O=C(NCc1cccnc1-c1ccccc1)c1ccccc1. The van der Waals surface area contributed by atoms with Crippen molar-refractivity contribution in [1.29, 1.82) is 0 Å². The van der Waals surface area contributed by atoms with Crippen molar-refractivity contribution in [3.05, 3.63) is 90.1 Å². The van der Waals surface area contributed by atoms with Crippen molar-refractivity contribution >= 4 is 5.91 Å². The van der Waals surface area contributed by atoms with Gasteiger partial charge in [0.05, 0.1) is 5.69 Å². The maximum Gasteiger partial charge on any atom is 0.251 e. The second kappa shape index (κ2) is 6.68. The zero-order valence-electron chi connectivity index (χ0n) is 12.1. The first-order valence-corrected chi connectivity index (χ1v) is 7.17. The van der Waals surface area contributed by atoms with E-state index in [4.69, 9.17) is 0 Å². The number of nitrogens with one attached hydrogen (secondary N) is 1. The molecule has 22 heavy (non-hydrogen) atoms. The number of benzene rings is 2. The topological polar surface area (TPSA) is 42.0 Å². The number of amides is 1. The molecule has 0 fully saturated rings. The third-order valence-corrected chi connectivity index (χ3v) is 3.41. The van der Waals surface area contributed by atoms with Crippen LogP contribution in [-0.2, 0) is 6.54 Å². The predicted octanol–water partition coefficient (Wildman–Crippen LogP) is 3.68. The van der Waals surface area contributed by atoms with Crippen molar-refractivity contribution in [3.63, 3.8) is 0 Å². The third kappa shape index (κ3) is 3.20. The van der Waals surface area contributed by atoms with E-state index in [0.717, 1.165) is 16.8 Å². The summed E-state index contributed by atoms with van der Waals surface area (Å²) in [5.41, 5.74) is 3.61. The van der Waals surface area contributed by atoms with Crippen molar-refractivity contribution < 1.29 is 4.79 Å². The Morgan fingerprint density at radius 1 is 0.864 bits per heavy atom. The van der Waals surface area contributed by atoms with Crippen LogP contribution in [0, 0.1) is 0 Å². The van der Waals surface area contributed by atoms with Crippen molar-refractivity contribution in [3.8, 4) is 11.3 Å². The van der Waals surface area contributed by atoms with E-state index in [1.165, 1.54) is 0 Å². The molecule has 0 aliphatic carbocycles. The van der Waals surface area contributed by atoms with Crippen LogP contribution in [0.1, 0.15) is 15.9 Å². The summed E-state index contributed by atoms with van der Waals surface area (Å²) in [5, 5.41) is 2.95. The van der Waals surface area contributed by atoms with E-state index >= 15 is 0 Å². The Bertz CT molecular complexity index is 755. The molecule has 0 unspecified atom stereocenters. The van der Waals surface area contributed by atoms with Crippen molar-refractivity contribution in [2.75, 3.05) is 0 Å². The van der Waals surface area contributed by atoms with Crippen molar-refractivity contribution in [2.45, 2.75) is 6.54 Å². The summed E-state index contributed by atoms with van der Waals surface area (Å²) in [6.45, 7) is 0.450. The van der Waals surface area contributed by atoms with E-state index in [2.05, 4.69) is 10.3 Å². The monoisotopic (exact) mass is 288 g/mol. The maximum absolute atomic E-state index is 12.1. The molecular weight excluding hydrogens is 272 g/mol. The second-order valence-electron chi connectivity index (χ2n) is 4.93. The van der Waals surface area contributed by atoms with Crippen LogP contribution in [0.5, 0.6) is 0 Å². The van der Waals surface area contributed by atoms with Gasteiger partial charge in [0.2, 0.25) is 0 Å². The highest BCUT2D eigenvalue weighted by molar-refractivity contribution is 5.94. The number of hydrogen-bond acceptors (Lipinski definition) is 2.